The van der Waals surface area contributed by atoms with Crippen molar-refractivity contribution in [3.05, 3.63) is 0 Å². The Morgan fingerprint density at radius 2 is 2.00 bits per heavy atom. The molecule has 0 aromatic rings. The number of hydrogen-bond acceptors (Lipinski definition) is 3. The molecule has 4 N–H and O–H groups in total. The Bertz CT molecular complexity index is 171. The van der Waals surface area contributed by atoms with Crippen LogP contribution in [0.1, 0.15) is 46.0 Å². The molecule has 3 heteroatoms. The maximum atomic E-state index is 9.94. The standard InChI is InChI=1S/C12H26N2O/c1-3-9(4-2)12(15)8-14-11-6-5-10(13)7-11/h9-12,14-15H,3-8,13H2,1-2H3. The Labute approximate surface area is 93.4 Å². The zero-order valence-corrected chi connectivity index (χ0v) is 10.1. The minimum absolute atomic E-state index is 0.197. The molecule has 1 aliphatic carbocycles. The van der Waals surface area contributed by atoms with Crippen molar-refractivity contribution in [1.29, 1.82) is 0 Å². The van der Waals surface area contributed by atoms with Gasteiger partial charge in [0.05, 0.1) is 6.10 Å². The van der Waals surface area contributed by atoms with E-state index in [0.29, 0.717) is 18.0 Å². The first-order chi connectivity index (χ1) is 7.17. The Balaban J connectivity index is 2.18. The average molecular weight is 214 g/mol. The van der Waals surface area contributed by atoms with Gasteiger partial charge >= 0.3 is 0 Å². The topological polar surface area (TPSA) is 58.3 Å². The number of hydrogen-bond donors (Lipinski definition) is 3. The van der Waals surface area contributed by atoms with E-state index in [2.05, 4.69) is 19.2 Å². The molecular formula is C12H26N2O. The molecule has 0 amide bonds. The minimum atomic E-state index is -0.197. The van der Waals surface area contributed by atoms with Crippen molar-refractivity contribution < 1.29 is 5.11 Å². The number of aliphatic hydroxyl groups excluding tert-OH is 1. The molecule has 1 aliphatic rings. The number of rotatable bonds is 6. The third-order valence-electron chi connectivity index (χ3n) is 3.68. The van der Waals surface area contributed by atoms with E-state index in [0.717, 1.165) is 38.6 Å². The van der Waals surface area contributed by atoms with Gasteiger partial charge in [-0.15, -0.1) is 0 Å². The Kier molecular flexibility index (Phi) is 5.58. The Morgan fingerprint density at radius 3 is 2.47 bits per heavy atom. The van der Waals surface area contributed by atoms with Crippen LogP contribution in [0.15, 0.2) is 0 Å². The molecule has 0 radical (unpaired) electrons. The fraction of sp³-hybridized carbons (Fsp3) is 1.00. The van der Waals surface area contributed by atoms with E-state index >= 15 is 0 Å². The van der Waals surface area contributed by atoms with Crippen LogP contribution in [-0.4, -0.2) is 29.8 Å². The van der Waals surface area contributed by atoms with Crippen molar-refractivity contribution in [2.75, 3.05) is 6.54 Å². The summed E-state index contributed by atoms with van der Waals surface area (Å²) in [4.78, 5) is 0. The smallest absolute Gasteiger partial charge is 0.0692 e. The number of aliphatic hydroxyl groups is 1. The molecule has 0 spiro atoms. The van der Waals surface area contributed by atoms with E-state index in [1.54, 1.807) is 0 Å². The van der Waals surface area contributed by atoms with Crippen molar-refractivity contribution in [2.24, 2.45) is 11.7 Å². The highest BCUT2D eigenvalue weighted by molar-refractivity contribution is 4.83. The Morgan fingerprint density at radius 1 is 1.33 bits per heavy atom. The van der Waals surface area contributed by atoms with E-state index in [-0.39, 0.29) is 6.10 Å². The molecule has 3 unspecified atom stereocenters. The van der Waals surface area contributed by atoms with Crippen LogP contribution in [0.3, 0.4) is 0 Å². The zero-order valence-electron chi connectivity index (χ0n) is 10.1. The summed E-state index contributed by atoms with van der Waals surface area (Å²) in [6.07, 6.45) is 5.27. The van der Waals surface area contributed by atoms with E-state index in [4.69, 9.17) is 5.73 Å². The zero-order chi connectivity index (χ0) is 11.3. The van der Waals surface area contributed by atoms with Crippen molar-refractivity contribution in [3.63, 3.8) is 0 Å². The molecule has 1 saturated carbocycles. The van der Waals surface area contributed by atoms with Crippen LogP contribution in [0.2, 0.25) is 0 Å². The summed E-state index contributed by atoms with van der Waals surface area (Å²) in [5.41, 5.74) is 5.84. The van der Waals surface area contributed by atoms with Crippen molar-refractivity contribution in [2.45, 2.75) is 64.1 Å². The van der Waals surface area contributed by atoms with Crippen LogP contribution in [0.4, 0.5) is 0 Å². The van der Waals surface area contributed by atoms with Gasteiger partial charge in [0, 0.05) is 18.6 Å². The van der Waals surface area contributed by atoms with E-state index < -0.39 is 0 Å². The normalized spacial score (nSPS) is 28.6. The van der Waals surface area contributed by atoms with Crippen molar-refractivity contribution in [3.8, 4) is 0 Å². The summed E-state index contributed by atoms with van der Waals surface area (Å²) in [7, 11) is 0. The SMILES string of the molecule is CCC(CC)C(O)CNC1CCC(N)C1. The Hall–Kier alpha value is -0.120. The van der Waals surface area contributed by atoms with Crippen LogP contribution in [-0.2, 0) is 0 Å². The lowest BCUT2D eigenvalue weighted by atomic mass is 9.96. The van der Waals surface area contributed by atoms with E-state index in [1.807, 2.05) is 0 Å². The van der Waals surface area contributed by atoms with Crippen LogP contribution in [0, 0.1) is 5.92 Å². The van der Waals surface area contributed by atoms with Crippen molar-refractivity contribution in [1.82, 2.24) is 5.32 Å². The lowest BCUT2D eigenvalue weighted by Crippen LogP contribution is -2.38. The lowest BCUT2D eigenvalue weighted by molar-refractivity contribution is 0.0984. The quantitative estimate of drug-likeness (QED) is 0.624. The first-order valence-electron chi connectivity index (χ1n) is 6.34. The highest BCUT2D eigenvalue weighted by atomic mass is 16.3. The first kappa shape index (κ1) is 12.9. The molecule has 0 bridgehead atoms. The summed E-state index contributed by atoms with van der Waals surface area (Å²) in [5, 5.41) is 13.4. The van der Waals surface area contributed by atoms with E-state index in [9.17, 15) is 5.11 Å². The van der Waals surface area contributed by atoms with Gasteiger partial charge in [-0.1, -0.05) is 26.7 Å². The van der Waals surface area contributed by atoms with Gasteiger partial charge in [-0.05, 0) is 25.2 Å². The van der Waals surface area contributed by atoms with E-state index in [1.165, 1.54) is 0 Å². The molecule has 0 aromatic carbocycles. The van der Waals surface area contributed by atoms with Gasteiger partial charge in [0.15, 0.2) is 0 Å². The number of nitrogens with one attached hydrogen (secondary N) is 1. The summed E-state index contributed by atoms with van der Waals surface area (Å²) in [5.74, 6) is 0.438. The van der Waals surface area contributed by atoms with Crippen molar-refractivity contribution >= 4 is 0 Å². The monoisotopic (exact) mass is 214 g/mol. The molecule has 90 valence electrons. The molecule has 3 atom stereocenters. The maximum absolute atomic E-state index is 9.94. The molecule has 3 nitrogen and oxygen atoms in total. The predicted octanol–water partition coefficient (Wildman–Crippen LogP) is 1.25. The molecule has 1 fully saturated rings. The fourth-order valence-corrected chi connectivity index (χ4v) is 2.49. The van der Waals surface area contributed by atoms with Gasteiger partial charge in [0.25, 0.3) is 0 Å². The third-order valence-corrected chi connectivity index (χ3v) is 3.68. The molecule has 1 rings (SSSR count). The van der Waals surface area contributed by atoms with Gasteiger partial charge in [0.1, 0.15) is 0 Å². The molecule has 0 aromatic heterocycles. The summed E-state index contributed by atoms with van der Waals surface area (Å²) < 4.78 is 0. The van der Waals surface area contributed by atoms with Gasteiger partial charge in [-0.25, -0.2) is 0 Å². The van der Waals surface area contributed by atoms with Gasteiger partial charge in [-0.3, -0.25) is 0 Å². The average Bonchev–Trinajstić information content (AvgIpc) is 2.63. The maximum Gasteiger partial charge on any atom is 0.0692 e. The van der Waals surface area contributed by atoms with Crippen LogP contribution in [0.25, 0.3) is 0 Å². The van der Waals surface area contributed by atoms with Crippen LogP contribution in [0.5, 0.6) is 0 Å². The second-order valence-electron chi connectivity index (χ2n) is 4.82. The summed E-state index contributed by atoms with van der Waals surface area (Å²) in [6, 6.07) is 0.900. The van der Waals surface area contributed by atoms with Gasteiger partial charge in [0.2, 0.25) is 0 Å². The van der Waals surface area contributed by atoms with Crippen LogP contribution < -0.4 is 11.1 Å². The molecule has 0 heterocycles. The predicted molar refractivity (Wildman–Crippen MR) is 63.7 cm³/mol. The first-order valence-corrected chi connectivity index (χ1v) is 6.34. The third kappa shape index (κ3) is 4.09. The fourth-order valence-electron chi connectivity index (χ4n) is 2.49. The van der Waals surface area contributed by atoms with Gasteiger partial charge < -0.3 is 16.2 Å². The minimum Gasteiger partial charge on any atom is -0.392 e. The second-order valence-corrected chi connectivity index (χ2v) is 4.82. The lowest BCUT2D eigenvalue weighted by Gasteiger charge is -2.22. The summed E-state index contributed by atoms with van der Waals surface area (Å²) >= 11 is 0. The summed E-state index contributed by atoms with van der Waals surface area (Å²) in [6.45, 7) is 5.01. The highest BCUT2D eigenvalue weighted by Crippen LogP contribution is 2.18. The molecule has 0 saturated heterocycles. The highest BCUT2D eigenvalue weighted by Gasteiger charge is 2.23. The molecule has 15 heavy (non-hydrogen) atoms. The number of nitrogens with two attached hydrogens (primary N) is 1. The van der Waals surface area contributed by atoms with Gasteiger partial charge in [-0.2, -0.15) is 0 Å². The van der Waals surface area contributed by atoms with Crippen LogP contribution >= 0.6 is 0 Å². The molecular weight excluding hydrogens is 188 g/mol. The molecule has 0 aliphatic heterocycles. The largest absolute Gasteiger partial charge is 0.392 e. The second kappa shape index (κ2) is 6.46.